The van der Waals surface area contributed by atoms with Crippen molar-refractivity contribution in [2.45, 2.75) is 84.6 Å². The van der Waals surface area contributed by atoms with Crippen LogP contribution in [0.15, 0.2) is 23.7 Å². The highest BCUT2D eigenvalue weighted by atomic mass is 16.4. The molecular weight excluding hydrogens is 358 g/mol. The fraction of sp³-hybridized carbons (Fsp3) is 0.773. The first-order chi connectivity index (χ1) is 13.4. The van der Waals surface area contributed by atoms with Gasteiger partial charge in [-0.25, -0.2) is 0 Å². The van der Waals surface area contributed by atoms with Gasteiger partial charge in [-0.15, -0.1) is 0 Å². The zero-order chi connectivity index (χ0) is 21.4. The van der Waals surface area contributed by atoms with Crippen LogP contribution in [0.2, 0.25) is 0 Å². The lowest BCUT2D eigenvalue weighted by Crippen LogP contribution is -2.64. The highest BCUT2D eigenvalue weighted by Gasteiger charge is 2.38. The van der Waals surface area contributed by atoms with Crippen molar-refractivity contribution in [3.05, 3.63) is 23.7 Å². The number of hydrogen-bond acceptors (Lipinski definition) is 5. The molecule has 1 unspecified atom stereocenters. The summed E-state index contributed by atoms with van der Waals surface area (Å²) in [7, 11) is 0. The van der Waals surface area contributed by atoms with Crippen LogP contribution in [0, 0.1) is 0 Å². The minimum Gasteiger partial charge on any atom is -0.544 e. The van der Waals surface area contributed by atoms with E-state index in [9.17, 15) is 25.2 Å². The molecule has 6 nitrogen and oxygen atoms in total. The standard InChI is InChI=1S/C22H41NO5/c1-4-7-9-11-13-19(25)17-23(15-16-24,21(6-3)22(27)28)18-20(26)14-12-10-8-5-2/h13-14,21,24H,4-12,15-18H2,1-3H3,(H2-,25,26,27,28)/b19-13-,20-14-. The molecule has 0 rings (SSSR count). The molecule has 0 fully saturated rings. The third-order valence-corrected chi connectivity index (χ3v) is 5.19. The highest BCUT2D eigenvalue weighted by molar-refractivity contribution is 5.69. The Morgan fingerprint density at radius 1 is 0.929 bits per heavy atom. The summed E-state index contributed by atoms with van der Waals surface area (Å²) in [6.07, 6.45) is 11.4. The number of rotatable bonds is 17. The van der Waals surface area contributed by atoms with Gasteiger partial charge in [0.2, 0.25) is 0 Å². The van der Waals surface area contributed by atoms with E-state index in [0.29, 0.717) is 0 Å². The Morgan fingerprint density at radius 2 is 1.39 bits per heavy atom. The molecule has 3 N–H and O–H groups in total. The Bertz CT molecular complexity index is 459. The minimum atomic E-state index is -1.23. The maximum absolute atomic E-state index is 11.8. The van der Waals surface area contributed by atoms with Gasteiger partial charge >= 0.3 is 0 Å². The lowest BCUT2D eigenvalue weighted by atomic mass is 10.1. The second-order valence-electron chi connectivity index (χ2n) is 7.61. The molecule has 0 aliphatic heterocycles. The van der Waals surface area contributed by atoms with Crippen molar-refractivity contribution in [2.75, 3.05) is 26.2 Å². The largest absolute Gasteiger partial charge is 0.544 e. The second kappa shape index (κ2) is 15.4. The number of carboxylic acid groups (broad SMARTS) is 1. The van der Waals surface area contributed by atoms with E-state index in [0.717, 1.165) is 51.4 Å². The molecular formula is C22H41NO5. The van der Waals surface area contributed by atoms with Crippen LogP contribution in [-0.4, -0.2) is 58.1 Å². The number of unbranched alkanes of at least 4 members (excludes halogenated alkanes) is 6. The maximum Gasteiger partial charge on any atom is 0.143 e. The first-order valence-electron chi connectivity index (χ1n) is 10.8. The van der Waals surface area contributed by atoms with Gasteiger partial charge in [0.25, 0.3) is 0 Å². The van der Waals surface area contributed by atoms with Crippen LogP contribution >= 0.6 is 0 Å². The van der Waals surface area contributed by atoms with Crippen LogP contribution in [0.5, 0.6) is 0 Å². The Morgan fingerprint density at radius 3 is 1.71 bits per heavy atom. The van der Waals surface area contributed by atoms with Gasteiger partial charge in [-0.1, -0.05) is 46.5 Å². The SMILES string of the molecule is CCCCC/C=C(\O)C[N+](CCO)(C/C(O)=C/CCCCC)C(CC)C(=O)[O-]. The molecule has 28 heavy (non-hydrogen) atoms. The van der Waals surface area contributed by atoms with Gasteiger partial charge in [0.15, 0.2) is 0 Å². The number of nitrogens with zero attached hydrogens (tertiary/aromatic N) is 1. The third-order valence-electron chi connectivity index (χ3n) is 5.19. The smallest absolute Gasteiger partial charge is 0.143 e. The summed E-state index contributed by atoms with van der Waals surface area (Å²) in [6.45, 7) is 5.93. The van der Waals surface area contributed by atoms with E-state index >= 15 is 0 Å². The quantitative estimate of drug-likeness (QED) is 0.198. The fourth-order valence-electron chi connectivity index (χ4n) is 3.67. The van der Waals surface area contributed by atoms with E-state index in [1.54, 1.807) is 19.1 Å². The van der Waals surface area contributed by atoms with E-state index in [1.165, 1.54) is 0 Å². The van der Waals surface area contributed by atoms with Crippen LogP contribution < -0.4 is 5.11 Å². The average molecular weight is 400 g/mol. The molecule has 6 heteroatoms. The van der Waals surface area contributed by atoms with Crippen LogP contribution in [0.4, 0.5) is 0 Å². The van der Waals surface area contributed by atoms with Gasteiger partial charge in [-0.3, -0.25) is 0 Å². The molecule has 0 aliphatic rings. The van der Waals surface area contributed by atoms with E-state index < -0.39 is 12.0 Å². The molecule has 0 saturated heterocycles. The maximum atomic E-state index is 11.8. The van der Waals surface area contributed by atoms with Gasteiger partial charge in [0.1, 0.15) is 37.2 Å². The summed E-state index contributed by atoms with van der Waals surface area (Å²) in [5.74, 6) is -1.03. The van der Waals surface area contributed by atoms with Crippen LogP contribution in [-0.2, 0) is 4.79 Å². The highest BCUT2D eigenvalue weighted by Crippen LogP contribution is 2.22. The fourth-order valence-corrected chi connectivity index (χ4v) is 3.67. The second-order valence-corrected chi connectivity index (χ2v) is 7.61. The van der Waals surface area contributed by atoms with Crippen molar-refractivity contribution in [1.29, 1.82) is 0 Å². The van der Waals surface area contributed by atoms with Crippen molar-refractivity contribution in [3.8, 4) is 0 Å². The molecule has 0 spiro atoms. The number of carbonyl (C=O) groups is 1. The molecule has 0 aromatic carbocycles. The molecule has 0 aliphatic carbocycles. The Kier molecular flexibility index (Phi) is 14.6. The van der Waals surface area contributed by atoms with Gasteiger partial charge in [0.05, 0.1) is 12.6 Å². The molecule has 0 saturated carbocycles. The Balaban J connectivity index is 5.54. The zero-order valence-corrected chi connectivity index (χ0v) is 18.0. The summed E-state index contributed by atoms with van der Waals surface area (Å²) in [6, 6.07) is -0.926. The van der Waals surface area contributed by atoms with E-state index in [4.69, 9.17) is 0 Å². The minimum absolute atomic E-state index is 0.0477. The van der Waals surface area contributed by atoms with Gasteiger partial charge in [-0.05, 0) is 37.8 Å². The normalized spacial score (nSPS) is 16.0. The molecule has 0 bridgehead atoms. The molecule has 0 aromatic rings. The average Bonchev–Trinajstić information content (AvgIpc) is 2.62. The molecule has 0 radical (unpaired) electrons. The summed E-state index contributed by atoms with van der Waals surface area (Å²) in [5, 5.41) is 42.3. The van der Waals surface area contributed by atoms with Crippen LogP contribution in [0.1, 0.15) is 78.6 Å². The number of hydrogen-bond donors (Lipinski definition) is 3. The van der Waals surface area contributed by atoms with Crippen molar-refractivity contribution >= 4 is 5.97 Å². The lowest BCUT2D eigenvalue weighted by molar-refractivity contribution is -0.939. The van der Waals surface area contributed by atoms with Crippen molar-refractivity contribution in [1.82, 2.24) is 0 Å². The first-order valence-corrected chi connectivity index (χ1v) is 10.8. The molecule has 1 atom stereocenters. The third kappa shape index (κ3) is 10.1. The predicted octanol–water partition coefficient (Wildman–Crippen LogP) is 3.37. The number of carboxylic acids is 1. The van der Waals surface area contributed by atoms with Gasteiger partial charge in [-0.2, -0.15) is 0 Å². The number of quaternary nitrogens is 1. The summed E-state index contributed by atoms with van der Waals surface area (Å²) in [5.41, 5.74) is 0. The topological polar surface area (TPSA) is 101 Å². The summed E-state index contributed by atoms with van der Waals surface area (Å²) >= 11 is 0. The number of aliphatic carboxylic acids is 1. The zero-order valence-electron chi connectivity index (χ0n) is 18.0. The lowest BCUT2D eigenvalue weighted by Gasteiger charge is -2.44. The number of aliphatic hydroxyl groups excluding tert-OH is 3. The Hall–Kier alpha value is -1.53. The summed E-state index contributed by atoms with van der Waals surface area (Å²) < 4.78 is -0.151. The monoisotopic (exact) mass is 399 g/mol. The molecule has 164 valence electrons. The molecule has 0 heterocycles. The van der Waals surface area contributed by atoms with Crippen LogP contribution in [0.3, 0.4) is 0 Å². The number of allylic oxidation sites excluding steroid dienone is 2. The first kappa shape index (κ1) is 26.5. The van der Waals surface area contributed by atoms with Gasteiger partial charge in [0, 0.05) is 6.42 Å². The summed E-state index contributed by atoms with van der Waals surface area (Å²) in [4.78, 5) is 11.8. The Labute approximate surface area is 170 Å². The number of carbonyl (C=O) groups excluding carboxylic acids is 1. The van der Waals surface area contributed by atoms with E-state index in [2.05, 4.69) is 13.8 Å². The predicted molar refractivity (Wildman–Crippen MR) is 111 cm³/mol. The van der Waals surface area contributed by atoms with E-state index in [-0.39, 0.29) is 48.7 Å². The van der Waals surface area contributed by atoms with Crippen molar-refractivity contribution in [3.63, 3.8) is 0 Å². The molecule has 0 aromatic heterocycles. The van der Waals surface area contributed by atoms with Crippen molar-refractivity contribution < 1.29 is 29.7 Å². The number of aliphatic hydroxyl groups is 3. The van der Waals surface area contributed by atoms with Crippen LogP contribution in [0.25, 0.3) is 0 Å². The molecule has 0 amide bonds. The van der Waals surface area contributed by atoms with Crippen molar-refractivity contribution in [2.24, 2.45) is 0 Å². The van der Waals surface area contributed by atoms with E-state index in [1.807, 2.05) is 0 Å². The van der Waals surface area contributed by atoms with Gasteiger partial charge < -0.3 is 29.7 Å².